The summed E-state index contributed by atoms with van der Waals surface area (Å²) in [7, 11) is -2.28. The molecule has 1 N–H and O–H groups in total. The highest BCUT2D eigenvalue weighted by Gasteiger charge is 2.42. The van der Waals surface area contributed by atoms with Crippen LogP contribution in [0.3, 0.4) is 0 Å². The maximum atomic E-state index is 13.1. The van der Waals surface area contributed by atoms with Gasteiger partial charge in [0.15, 0.2) is 9.84 Å². The molecule has 4 rings (SSSR count). The van der Waals surface area contributed by atoms with E-state index in [1.807, 2.05) is 24.3 Å². The number of nitrogens with zero attached hydrogens (tertiary/aromatic N) is 2. The van der Waals surface area contributed by atoms with E-state index in [1.165, 1.54) is 24.1 Å². The lowest BCUT2D eigenvalue weighted by Crippen LogP contribution is -2.49. The molecule has 37 heavy (non-hydrogen) atoms. The molecule has 1 aliphatic rings. The first-order valence-electron chi connectivity index (χ1n) is 12.6. The first kappa shape index (κ1) is 27.0. The highest BCUT2D eigenvalue weighted by Crippen LogP contribution is 2.25. The zero-order valence-electron chi connectivity index (χ0n) is 21.7. The van der Waals surface area contributed by atoms with Crippen LogP contribution in [0.25, 0.3) is 21.9 Å². The number of hydrogen-bond acceptors (Lipinski definition) is 6. The van der Waals surface area contributed by atoms with Gasteiger partial charge in [-0.3, -0.25) is 14.5 Å². The molecule has 0 radical (unpaired) electrons. The van der Waals surface area contributed by atoms with Crippen molar-refractivity contribution in [2.75, 3.05) is 46.2 Å². The number of sulfone groups is 1. The summed E-state index contributed by atoms with van der Waals surface area (Å²) in [5, 5.41) is 3.79. The van der Waals surface area contributed by atoms with Gasteiger partial charge in [0.25, 0.3) is 5.56 Å². The zero-order chi connectivity index (χ0) is 26.6. The monoisotopic (exact) mass is 525 g/mol. The molecule has 0 spiro atoms. The van der Waals surface area contributed by atoms with Gasteiger partial charge in [0, 0.05) is 51.1 Å². The average molecular weight is 526 g/mol. The molecule has 0 aliphatic carbocycles. The number of amides is 1. The van der Waals surface area contributed by atoms with Crippen LogP contribution >= 0.6 is 0 Å². The number of aromatic nitrogens is 1. The molecular weight excluding hydrogens is 490 g/mol. The second-order valence-corrected chi connectivity index (χ2v) is 12.3. The molecule has 1 saturated heterocycles. The molecule has 1 fully saturated rings. The summed E-state index contributed by atoms with van der Waals surface area (Å²) in [6.45, 7) is 6.12. The Kier molecular flexibility index (Phi) is 8.16. The Labute approximate surface area is 218 Å². The number of ether oxygens (including phenoxy) is 1. The summed E-state index contributed by atoms with van der Waals surface area (Å²) in [6, 6.07) is 16.1. The average Bonchev–Trinajstić information content (AvgIpc) is 2.91. The van der Waals surface area contributed by atoms with Gasteiger partial charge in [0.05, 0.1) is 13.2 Å². The van der Waals surface area contributed by atoms with Crippen molar-refractivity contribution in [1.82, 2.24) is 14.8 Å². The number of morpholine rings is 1. The topological polar surface area (TPSA) is 97.7 Å². The molecule has 2 heterocycles. The number of nitrogens with one attached hydrogen (secondary N) is 1. The van der Waals surface area contributed by atoms with Gasteiger partial charge in [-0.2, -0.15) is 0 Å². The van der Waals surface area contributed by atoms with Gasteiger partial charge in [-0.05, 0) is 60.0 Å². The van der Waals surface area contributed by atoms with Gasteiger partial charge in [-0.1, -0.05) is 30.3 Å². The van der Waals surface area contributed by atoms with Gasteiger partial charge in [0.2, 0.25) is 5.91 Å². The summed E-state index contributed by atoms with van der Waals surface area (Å²) < 4.78 is 29.9. The molecule has 1 atom stereocenters. The summed E-state index contributed by atoms with van der Waals surface area (Å²) >= 11 is 0. The Morgan fingerprint density at radius 3 is 2.35 bits per heavy atom. The minimum Gasteiger partial charge on any atom is -0.379 e. The van der Waals surface area contributed by atoms with Crippen molar-refractivity contribution >= 4 is 26.5 Å². The van der Waals surface area contributed by atoms with E-state index in [0.29, 0.717) is 5.39 Å². The lowest BCUT2D eigenvalue weighted by molar-refractivity contribution is -0.123. The number of fused-ring (bicyclic) bond motifs is 1. The van der Waals surface area contributed by atoms with Crippen molar-refractivity contribution in [1.29, 1.82) is 0 Å². The molecule has 1 amide bonds. The van der Waals surface area contributed by atoms with E-state index in [0.717, 1.165) is 62.0 Å². The quantitative estimate of drug-likeness (QED) is 0.461. The van der Waals surface area contributed by atoms with E-state index in [4.69, 9.17) is 4.74 Å². The fourth-order valence-corrected chi connectivity index (χ4v) is 5.59. The maximum Gasteiger partial charge on any atom is 0.258 e. The van der Waals surface area contributed by atoms with Crippen LogP contribution in [0.1, 0.15) is 18.9 Å². The van der Waals surface area contributed by atoms with Crippen molar-refractivity contribution < 1.29 is 17.9 Å². The van der Waals surface area contributed by atoms with Crippen LogP contribution in [-0.4, -0.2) is 74.7 Å². The van der Waals surface area contributed by atoms with Gasteiger partial charge in [0.1, 0.15) is 4.75 Å². The summed E-state index contributed by atoms with van der Waals surface area (Å²) in [5.74, 6) is -0.583. The van der Waals surface area contributed by atoms with E-state index in [1.54, 1.807) is 6.20 Å². The Balaban J connectivity index is 1.49. The number of rotatable bonds is 9. The number of pyridine rings is 1. The smallest absolute Gasteiger partial charge is 0.258 e. The van der Waals surface area contributed by atoms with Crippen LogP contribution in [0.15, 0.2) is 59.5 Å². The van der Waals surface area contributed by atoms with Crippen LogP contribution < -0.4 is 10.9 Å². The van der Waals surface area contributed by atoms with E-state index in [2.05, 4.69) is 34.5 Å². The van der Waals surface area contributed by atoms with Gasteiger partial charge in [-0.15, -0.1) is 0 Å². The number of carbonyl (C=O) groups excluding carboxylic acids is 1. The SMILES string of the molecule is CNC(=O)[C@@](C)(CCn1ccc2cc(-c3ccc(CCN4CCOCC4)cc3)ccc2c1=O)S(C)(=O)=O. The third kappa shape index (κ3) is 5.95. The van der Waals surface area contributed by atoms with Gasteiger partial charge < -0.3 is 14.6 Å². The van der Waals surface area contributed by atoms with Crippen molar-refractivity contribution in [2.24, 2.45) is 0 Å². The van der Waals surface area contributed by atoms with Crippen LogP contribution in [-0.2, 0) is 32.3 Å². The summed E-state index contributed by atoms with van der Waals surface area (Å²) in [6.07, 6.45) is 3.70. The fraction of sp³-hybridized carbons (Fsp3) is 0.429. The normalized spacial score (nSPS) is 16.4. The Morgan fingerprint density at radius 2 is 1.70 bits per heavy atom. The Morgan fingerprint density at radius 1 is 1.03 bits per heavy atom. The molecule has 1 aromatic heterocycles. The third-order valence-electron chi connectivity index (χ3n) is 7.44. The van der Waals surface area contributed by atoms with Gasteiger partial charge in [-0.25, -0.2) is 8.42 Å². The van der Waals surface area contributed by atoms with E-state index >= 15 is 0 Å². The highest BCUT2D eigenvalue weighted by molar-refractivity contribution is 7.92. The second kappa shape index (κ2) is 11.2. The molecule has 198 valence electrons. The van der Waals surface area contributed by atoms with E-state index in [-0.39, 0.29) is 18.5 Å². The lowest BCUT2D eigenvalue weighted by Gasteiger charge is -2.26. The van der Waals surface area contributed by atoms with E-state index in [9.17, 15) is 18.0 Å². The minimum atomic E-state index is -3.69. The first-order valence-corrected chi connectivity index (χ1v) is 14.5. The number of aryl methyl sites for hydroxylation is 1. The van der Waals surface area contributed by atoms with Crippen molar-refractivity contribution in [3.05, 3.63) is 70.6 Å². The van der Waals surface area contributed by atoms with Crippen molar-refractivity contribution in [3.8, 4) is 11.1 Å². The van der Waals surface area contributed by atoms with E-state index < -0.39 is 20.5 Å². The predicted octanol–water partition coefficient (Wildman–Crippen LogP) is 2.48. The molecule has 0 unspecified atom stereocenters. The van der Waals surface area contributed by atoms with Crippen LogP contribution in [0.4, 0.5) is 0 Å². The molecule has 0 saturated carbocycles. The second-order valence-electron chi connectivity index (χ2n) is 9.85. The number of carbonyl (C=O) groups is 1. The van der Waals surface area contributed by atoms with Crippen LogP contribution in [0, 0.1) is 0 Å². The molecule has 9 heteroatoms. The first-order chi connectivity index (χ1) is 17.6. The molecule has 1 aliphatic heterocycles. The molecule has 2 aromatic carbocycles. The standard InChI is InChI=1S/C28H35N3O5S/c1-28(27(33)29-2,37(3,34)35)12-15-31-14-11-24-20-23(8-9-25(24)26(31)32)22-6-4-21(5-7-22)10-13-30-16-18-36-19-17-30/h4-9,11,14,20H,10,12-13,15-19H2,1-3H3,(H,29,33)/t28-/m1/s1. The zero-order valence-corrected chi connectivity index (χ0v) is 22.5. The Hall–Kier alpha value is -3.01. The van der Waals surface area contributed by atoms with Crippen LogP contribution in [0.2, 0.25) is 0 Å². The minimum absolute atomic E-state index is 0.00705. The van der Waals surface area contributed by atoms with Crippen molar-refractivity contribution in [3.63, 3.8) is 0 Å². The largest absolute Gasteiger partial charge is 0.379 e. The highest BCUT2D eigenvalue weighted by atomic mass is 32.2. The fourth-order valence-electron chi connectivity index (χ4n) is 4.69. The number of hydrogen-bond donors (Lipinski definition) is 1. The van der Waals surface area contributed by atoms with Crippen molar-refractivity contribution in [2.45, 2.75) is 31.1 Å². The number of benzene rings is 2. The third-order valence-corrected chi connectivity index (χ3v) is 9.47. The molecule has 0 bridgehead atoms. The lowest BCUT2D eigenvalue weighted by atomic mass is 10.00. The molecule has 3 aromatic rings. The predicted molar refractivity (Wildman–Crippen MR) is 147 cm³/mol. The summed E-state index contributed by atoms with van der Waals surface area (Å²) in [4.78, 5) is 27.9. The molecule has 8 nitrogen and oxygen atoms in total. The summed E-state index contributed by atoms with van der Waals surface area (Å²) in [5.41, 5.74) is 3.18. The molecular formula is C28H35N3O5S. The Bertz CT molecular complexity index is 1430. The maximum absolute atomic E-state index is 13.1. The van der Waals surface area contributed by atoms with Gasteiger partial charge >= 0.3 is 0 Å². The van der Waals surface area contributed by atoms with Crippen LogP contribution in [0.5, 0.6) is 0 Å².